The number of allylic oxidation sites excluding steroid dienone is 2. The molecule has 52 heavy (non-hydrogen) atoms. The minimum absolute atomic E-state index is 0.0379. The number of carbonyl (C=O) groups is 3. The van der Waals surface area contributed by atoms with Crippen LogP contribution in [0.2, 0.25) is 5.28 Å². The fraction of sp³-hybridized carbons (Fsp3) is 0.333. The summed E-state index contributed by atoms with van der Waals surface area (Å²) in [5.74, 6) is -3.36. The van der Waals surface area contributed by atoms with E-state index in [-0.39, 0.29) is 41.9 Å². The number of alkyl halides is 1. The lowest BCUT2D eigenvalue weighted by atomic mass is 9.88. The summed E-state index contributed by atoms with van der Waals surface area (Å²) in [5, 5.41) is 11.5. The van der Waals surface area contributed by atoms with Crippen molar-refractivity contribution >= 4 is 46.5 Å². The van der Waals surface area contributed by atoms with Gasteiger partial charge in [0.1, 0.15) is 30.9 Å². The number of methoxy groups -OCH3 is 1. The number of ether oxygens (including phenoxy) is 5. The van der Waals surface area contributed by atoms with E-state index in [1.54, 1.807) is 78.9 Å². The Morgan fingerprint density at radius 2 is 1.69 bits per heavy atom. The van der Waals surface area contributed by atoms with Crippen molar-refractivity contribution in [1.82, 2.24) is 19.5 Å². The number of nitrogens with zero attached hydrogens (tertiary/aromatic N) is 4. The highest BCUT2D eigenvalue weighted by atomic mass is 35.5. The first-order chi connectivity index (χ1) is 25.0. The van der Waals surface area contributed by atoms with Crippen LogP contribution in [0.1, 0.15) is 30.2 Å². The lowest BCUT2D eigenvalue weighted by Gasteiger charge is -2.32. The molecule has 2 fully saturated rings. The number of hydrogen-bond acceptors (Lipinski definition) is 13. The summed E-state index contributed by atoms with van der Waals surface area (Å²) in [6, 6.07) is 17.5. The van der Waals surface area contributed by atoms with E-state index in [0.717, 1.165) is 0 Å². The second-order valence-electron chi connectivity index (χ2n) is 12.6. The van der Waals surface area contributed by atoms with E-state index in [2.05, 4.69) is 15.0 Å². The molecule has 3 aliphatic rings. The number of carbonyl (C=O) groups excluding carboxylic acids is 3. The average Bonchev–Trinajstić information content (AvgIpc) is 3.37. The van der Waals surface area contributed by atoms with E-state index in [1.807, 2.05) is 0 Å². The number of aliphatic hydroxyl groups is 1. The molecule has 14 nitrogen and oxygen atoms in total. The van der Waals surface area contributed by atoms with Crippen molar-refractivity contribution in [2.45, 2.75) is 61.9 Å². The van der Waals surface area contributed by atoms with Crippen LogP contribution in [0, 0.1) is 5.92 Å². The first-order valence-corrected chi connectivity index (χ1v) is 16.7. The molecule has 1 aliphatic heterocycles. The van der Waals surface area contributed by atoms with Gasteiger partial charge >= 0.3 is 17.9 Å². The molecule has 0 amide bonds. The van der Waals surface area contributed by atoms with E-state index in [0.29, 0.717) is 16.7 Å². The number of nitrogens with two attached hydrogens (primary N) is 1. The molecule has 7 rings (SSSR count). The van der Waals surface area contributed by atoms with Crippen LogP contribution in [-0.2, 0) is 51.3 Å². The van der Waals surface area contributed by atoms with Gasteiger partial charge < -0.3 is 34.5 Å². The first-order valence-electron chi connectivity index (χ1n) is 16.3. The number of esters is 3. The van der Waals surface area contributed by atoms with Crippen LogP contribution in [0.5, 0.6) is 0 Å². The summed E-state index contributed by atoms with van der Waals surface area (Å²) in [7, 11) is 1.27. The van der Waals surface area contributed by atoms with Crippen LogP contribution < -0.4 is 5.73 Å². The zero-order valence-corrected chi connectivity index (χ0v) is 28.4. The second kappa shape index (κ2) is 14.1. The van der Waals surface area contributed by atoms with Crippen LogP contribution in [0.15, 0.2) is 90.8 Å². The molecule has 1 saturated carbocycles. The summed E-state index contributed by atoms with van der Waals surface area (Å²) >= 11 is 5.99. The summed E-state index contributed by atoms with van der Waals surface area (Å²) in [5.41, 5.74) is 2.90. The standard InChI is InChI=1S/C36H33ClFN5O9/c1-48-31(44)23-14-12-20(13-15-23)16-35(32(45)49-17-21-8-4-2-5-9-21,33(46)50-18-22-10-6-3-7-11-22)52-27-26-36(27,47)25(38)30(51-26)43-19-40-24-28(39)41-34(37)42-29(24)43/h2-14,19,23,25-27,30,47H,15-18H2,1H3,(H2,39,41,42)/t23?,25-,26-,27?,30-,36+/m1/s1. The van der Waals surface area contributed by atoms with Gasteiger partial charge in [0.25, 0.3) is 5.60 Å². The molecule has 0 bridgehead atoms. The Labute approximate surface area is 300 Å². The SMILES string of the molecule is COC(=O)C1C=CC(CC(OC2[C@H]3O[C@@H](n4cnc5c(N)nc(Cl)nc54)[C@@H](F)[C@@]23O)(C(=O)OCc2ccccc2)C(=O)OCc2ccccc2)=CC1. The molecule has 270 valence electrons. The monoisotopic (exact) mass is 733 g/mol. The van der Waals surface area contributed by atoms with Crippen LogP contribution in [0.25, 0.3) is 11.2 Å². The van der Waals surface area contributed by atoms with Crippen LogP contribution >= 0.6 is 11.6 Å². The summed E-state index contributed by atoms with van der Waals surface area (Å²) < 4.78 is 46.0. The summed E-state index contributed by atoms with van der Waals surface area (Å²) in [6.45, 7) is -0.472. The maximum atomic E-state index is 16.4. The quantitative estimate of drug-likeness (QED) is 0.0929. The van der Waals surface area contributed by atoms with Crippen LogP contribution in [0.3, 0.4) is 0 Å². The van der Waals surface area contributed by atoms with E-state index in [1.165, 1.54) is 18.0 Å². The first kappa shape index (κ1) is 35.2. The molecule has 0 spiro atoms. The average molecular weight is 734 g/mol. The van der Waals surface area contributed by atoms with Gasteiger partial charge in [-0.2, -0.15) is 9.97 Å². The van der Waals surface area contributed by atoms with E-state index in [4.69, 9.17) is 41.0 Å². The minimum Gasteiger partial charge on any atom is -0.469 e. The fourth-order valence-corrected chi connectivity index (χ4v) is 6.57. The molecule has 2 aromatic heterocycles. The van der Waals surface area contributed by atoms with Crippen LogP contribution in [-0.4, -0.2) is 79.2 Å². The van der Waals surface area contributed by atoms with E-state index in [9.17, 15) is 19.5 Å². The van der Waals surface area contributed by atoms with E-state index < -0.39 is 66.1 Å². The van der Waals surface area contributed by atoms with Gasteiger partial charge in [0, 0.05) is 6.42 Å². The predicted octanol–water partition coefficient (Wildman–Crippen LogP) is 3.72. The molecule has 4 aromatic rings. The molecule has 1 saturated heterocycles. The third-order valence-corrected chi connectivity index (χ3v) is 9.47. The number of imidazole rings is 1. The lowest BCUT2D eigenvalue weighted by Crippen LogP contribution is -2.53. The molecule has 2 aliphatic carbocycles. The molecule has 6 atom stereocenters. The van der Waals surface area contributed by atoms with Gasteiger partial charge in [-0.1, -0.05) is 78.9 Å². The second-order valence-corrected chi connectivity index (χ2v) is 12.9. The Morgan fingerprint density at radius 1 is 1.06 bits per heavy atom. The zero-order chi connectivity index (χ0) is 36.6. The van der Waals surface area contributed by atoms with Crippen molar-refractivity contribution in [2.24, 2.45) is 5.92 Å². The van der Waals surface area contributed by atoms with Crippen LogP contribution in [0.4, 0.5) is 10.2 Å². The highest BCUT2D eigenvalue weighted by Crippen LogP contribution is 2.58. The number of aromatic nitrogens is 4. The Kier molecular flexibility index (Phi) is 9.52. The molecule has 16 heteroatoms. The third kappa shape index (κ3) is 6.40. The fourth-order valence-electron chi connectivity index (χ4n) is 6.40. The summed E-state index contributed by atoms with van der Waals surface area (Å²) in [6.07, 6.45) is -0.697. The molecular formula is C36H33ClFN5O9. The van der Waals surface area contributed by atoms with Crippen molar-refractivity contribution in [3.05, 3.63) is 107 Å². The van der Waals surface area contributed by atoms with Crippen molar-refractivity contribution in [3.63, 3.8) is 0 Å². The lowest BCUT2D eigenvalue weighted by molar-refractivity contribution is -0.203. The number of anilines is 1. The Hall–Kier alpha value is -5.22. The zero-order valence-electron chi connectivity index (χ0n) is 27.6. The minimum atomic E-state index is -2.56. The highest BCUT2D eigenvalue weighted by molar-refractivity contribution is 6.28. The Morgan fingerprint density at radius 3 is 2.23 bits per heavy atom. The number of halogens is 2. The van der Waals surface area contributed by atoms with Crippen molar-refractivity contribution in [3.8, 4) is 0 Å². The molecule has 2 unspecified atom stereocenters. The number of fused-ring (bicyclic) bond motifs is 2. The summed E-state index contributed by atoms with van der Waals surface area (Å²) in [4.78, 5) is 52.8. The van der Waals surface area contributed by atoms with E-state index >= 15 is 4.39 Å². The Balaban J connectivity index is 1.21. The van der Waals surface area contributed by atoms with Gasteiger partial charge in [-0.15, -0.1) is 0 Å². The van der Waals surface area contributed by atoms with Gasteiger partial charge in [0.15, 0.2) is 29.5 Å². The van der Waals surface area contributed by atoms with Crippen molar-refractivity contribution in [1.29, 1.82) is 0 Å². The third-order valence-electron chi connectivity index (χ3n) is 9.30. The van der Waals surface area contributed by atoms with Gasteiger partial charge in [0.2, 0.25) is 5.28 Å². The largest absolute Gasteiger partial charge is 0.469 e. The number of benzene rings is 2. The number of rotatable bonds is 12. The molecule has 3 N–H and O–H groups in total. The Bertz CT molecular complexity index is 2010. The van der Waals surface area contributed by atoms with Gasteiger partial charge in [-0.3, -0.25) is 9.36 Å². The molecule has 3 heterocycles. The maximum absolute atomic E-state index is 16.4. The predicted molar refractivity (Wildman–Crippen MR) is 181 cm³/mol. The maximum Gasteiger partial charge on any atom is 0.351 e. The molecule has 0 radical (unpaired) electrons. The smallest absolute Gasteiger partial charge is 0.351 e. The van der Waals surface area contributed by atoms with Gasteiger partial charge in [0.05, 0.1) is 19.4 Å². The van der Waals surface area contributed by atoms with Gasteiger partial charge in [-0.25, -0.2) is 19.0 Å². The number of hydrogen-bond donors (Lipinski definition) is 2. The molecular weight excluding hydrogens is 701 g/mol. The van der Waals surface area contributed by atoms with Crippen molar-refractivity contribution in [2.75, 3.05) is 12.8 Å². The number of nitrogen functional groups attached to an aromatic ring is 1. The highest BCUT2D eigenvalue weighted by Gasteiger charge is 2.81. The normalized spacial score (nSPS) is 24.9. The van der Waals surface area contributed by atoms with Gasteiger partial charge in [-0.05, 0) is 34.7 Å². The molecule has 2 aromatic carbocycles. The topological polar surface area (TPSA) is 187 Å². The van der Waals surface area contributed by atoms with Crippen molar-refractivity contribution < 1.29 is 47.6 Å².